The van der Waals surface area contributed by atoms with Crippen molar-refractivity contribution in [3.05, 3.63) is 47.1 Å². The van der Waals surface area contributed by atoms with Gasteiger partial charge in [0, 0.05) is 50.7 Å². The van der Waals surface area contributed by atoms with E-state index in [9.17, 15) is 9.59 Å². The van der Waals surface area contributed by atoms with Gasteiger partial charge < -0.3 is 24.3 Å². The molecular weight excluding hydrogens is 508 g/mol. The van der Waals surface area contributed by atoms with Crippen LogP contribution in [0.2, 0.25) is 5.15 Å². The highest BCUT2D eigenvalue weighted by molar-refractivity contribution is 6.32. The van der Waals surface area contributed by atoms with Gasteiger partial charge in [0.05, 0.1) is 23.5 Å². The number of carbonyl (C=O) groups excluding carboxylic acids is 2. The number of halogens is 1. The van der Waals surface area contributed by atoms with E-state index in [1.54, 1.807) is 33.3 Å². The third kappa shape index (κ3) is 4.98. The molecule has 0 aliphatic carbocycles. The monoisotopic (exact) mass is 538 g/mol. The number of imidazole rings is 1. The number of aromatic nitrogens is 5. The van der Waals surface area contributed by atoms with Gasteiger partial charge in [0.2, 0.25) is 0 Å². The quantitative estimate of drug-likeness (QED) is 0.413. The molecule has 0 saturated carbocycles. The maximum Gasteiger partial charge on any atom is 0.410 e. The highest BCUT2D eigenvalue weighted by atomic mass is 35.5. The van der Waals surface area contributed by atoms with Crippen molar-refractivity contribution in [3.8, 4) is 0 Å². The summed E-state index contributed by atoms with van der Waals surface area (Å²) in [4.78, 5) is 38.4. The second kappa shape index (κ2) is 9.46. The molecule has 2 amide bonds. The van der Waals surface area contributed by atoms with E-state index in [0.717, 1.165) is 29.7 Å². The fourth-order valence-electron chi connectivity index (χ4n) is 4.75. The Morgan fingerprint density at radius 3 is 2.68 bits per heavy atom. The lowest BCUT2D eigenvalue weighted by atomic mass is 10.1. The largest absolute Gasteiger partial charge is 0.444 e. The first-order valence-electron chi connectivity index (χ1n) is 12.4. The fourth-order valence-corrected chi connectivity index (χ4v) is 4.98. The van der Waals surface area contributed by atoms with Crippen molar-refractivity contribution >= 4 is 51.7 Å². The Bertz CT molecular complexity index is 1550. The van der Waals surface area contributed by atoms with Crippen molar-refractivity contribution < 1.29 is 14.3 Å². The standard InChI is InChI=1S/C26H31ClN8O3/c1-15-11-35-14-20(29-22(27)23(35)28-15)30-24(36)17-7-8-19(18-13-32(5)31-21(17)18)34-10-9-16(12-34)33(6)25(37)38-26(2,3)4/h7-8,11,13-14,16H,9-10,12H2,1-6H3,(H,30,36)/t16-/m1/s1. The Labute approximate surface area is 225 Å². The van der Waals surface area contributed by atoms with Crippen molar-refractivity contribution in [1.29, 1.82) is 0 Å². The molecule has 1 fully saturated rings. The maximum atomic E-state index is 13.3. The second-order valence-electron chi connectivity index (χ2n) is 10.7. The Balaban J connectivity index is 1.38. The number of benzene rings is 1. The molecule has 1 aliphatic rings. The summed E-state index contributed by atoms with van der Waals surface area (Å²) in [7, 11) is 3.60. The Kier molecular flexibility index (Phi) is 6.42. The molecular formula is C26H31ClN8O3. The number of ether oxygens (including phenoxy) is 1. The van der Waals surface area contributed by atoms with Gasteiger partial charge in [0.25, 0.3) is 5.91 Å². The van der Waals surface area contributed by atoms with Crippen molar-refractivity contribution in [2.45, 2.75) is 45.8 Å². The minimum atomic E-state index is -0.549. The Morgan fingerprint density at radius 2 is 1.95 bits per heavy atom. The van der Waals surface area contributed by atoms with E-state index in [4.69, 9.17) is 16.3 Å². The first-order valence-corrected chi connectivity index (χ1v) is 12.8. The van der Waals surface area contributed by atoms with Gasteiger partial charge in [-0.05, 0) is 46.2 Å². The van der Waals surface area contributed by atoms with Crippen LogP contribution in [-0.4, -0.2) is 72.8 Å². The smallest absolute Gasteiger partial charge is 0.410 e. The summed E-state index contributed by atoms with van der Waals surface area (Å²) in [5.74, 6) is -0.0328. The zero-order valence-corrected chi connectivity index (χ0v) is 23.1. The number of hydrogen-bond acceptors (Lipinski definition) is 7. The molecule has 4 aromatic rings. The number of nitrogens with one attached hydrogen (secondary N) is 1. The van der Waals surface area contributed by atoms with Gasteiger partial charge >= 0.3 is 6.09 Å². The first-order chi connectivity index (χ1) is 17.9. The minimum absolute atomic E-state index is 0.0112. The van der Waals surface area contributed by atoms with E-state index in [1.807, 2.05) is 53.2 Å². The molecule has 1 atom stereocenters. The van der Waals surface area contributed by atoms with E-state index in [2.05, 4.69) is 25.3 Å². The molecule has 1 N–H and O–H groups in total. The summed E-state index contributed by atoms with van der Waals surface area (Å²) in [6.07, 6.45) is 5.87. The second-order valence-corrected chi connectivity index (χ2v) is 11.0. The third-order valence-electron chi connectivity index (χ3n) is 6.50. The van der Waals surface area contributed by atoms with Crippen LogP contribution in [0.3, 0.4) is 0 Å². The summed E-state index contributed by atoms with van der Waals surface area (Å²) in [6, 6.07) is 3.71. The van der Waals surface area contributed by atoms with Crippen LogP contribution in [0.4, 0.5) is 16.3 Å². The van der Waals surface area contributed by atoms with E-state index >= 15 is 0 Å². The highest BCUT2D eigenvalue weighted by Crippen LogP contribution is 2.32. The van der Waals surface area contributed by atoms with Crippen molar-refractivity contribution in [3.63, 3.8) is 0 Å². The molecule has 200 valence electrons. The number of fused-ring (bicyclic) bond motifs is 2. The highest BCUT2D eigenvalue weighted by Gasteiger charge is 2.32. The maximum absolute atomic E-state index is 13.3. The summed E-state index contributed by atoms with van der Waals surface area (Å²) < 4.78 is 8.97. The van der Waals surface area contributed by atoms with Crippen LogP contribution in [0.1, 0.15) is 43.2 Å². The topological polar surface area (TPSA) is 110 Å². The molecule has 5 rings (SSSR count). The predicted molar refractivity (Wildman–Crippen MR) is 146 cm³/mol. The van der Waals surface area contributed by atoms with E-state index in [-0.39, 0.29) is 23.2 Å². The number of aryl methyl sites for hydroxylation is 2. The lowest BCUT2D eigenvalue weighted by Gasteiger charge is -2.29. The van der Waals surface area contributed by atoms with Crippen molar-refractivity contribution in [2.24, 2.45) is 7.05 Å². The molecule has 1 saturated heterocycles. The average Bonchev–Trinajstić information content (AvgIpc) is 3.54. The van der Waals surface area contributed by atoms with Gasteiger partial charge in [-0.1, -0.05) is 11.6 Å². The van der Waals surface area contributed by atoms with Crippen LogP contribution in [0.15, 0.2) is 30.7 Å². The molecule has 0 spiro atoms. The zero-order chi connectivity index (χ0) is 27.4. The van der Waals surface area contributed by atoms with Gasteiger partial charge in [-0.2, -0.15) is 5.10 Å². The van der Waals surface area contributed by atoms with Crippen LogP contribution >= 0.6 is 11.6 Å². The molecule has 0 radical (unpaired) electrons. The van der Waals surface area contributed by atoms with Crippen molar-refractivity contribution in [2.75, 3.05) is 30.4 Å². The Morgan fingerprint density at radius 1 is 1.18 bits per heavy atom. The first kappa shape index (κ1) is 25.8. The zero-order valence-electron chi connectivity index (χ0n) is 22.3. The van der Waals surface area contributed by atoms with Crippen LogP contribution in [-0.2, 0) is 11.8 Å². The van der Waals surface area contributed by atoms with E-state index in [1.165, 1.54) is 0 Å². The van der Waals surface area contributed by atoms with Crippen LogP contribution in [0.25, 0.3) is 16.6 Å². The van der Waals surface area contributed by atoms with Crippen LogP contribution < -0.4 is 10.2 Å². The number of nitrogens with zero attached hydrogens (tertiary/aromatic N) is 7. The number of anilines is 2. The summed E-state index contributed by atoms with van der Waals surface area (Å²) >= 11 is 6.28. The predicted octanol–water partition coefficient (Wildman–Crippen LogP) is 4.28. The molecule has 12 heteroatoms. The summed E-state index contributed by atoms with van der Waals surface area (Å²) in [5, 5.41) is 8.48. The number of likely N-dealkylation sites (N-methyl/N-ethyl adjacent to an activating group) is 1. The molecule has 3 aromatic heterocycles. The van der Waals surface area contributed by atoms with Crippen molar-refractivity contribution in [1.82, 2.24) is 29.0 Å². The lowest BCUT2D eigenvalue weighted by Crippen LogP contribution is -2.42. The number of amides is 2. The number of rotatable bonds is 4. The van der Waals surface area contributed by atoms with E-state index in [0.29, 0.717) is 29.1 Å². The molecule has 1 aliphatic heterocycles. The Hall–Kier alpha value is -3.86. The summed E-state index contributed by atoms with van der Waals surface area (Å²) in [6.45, 7) is 8.85. The fraction of sp³-hybridized carbons (Fsp3) is 0.423. The molecule has 0 bridgehead atoms. The lowest BCUT2D eigenvalue weighted by molar-refractivity contribution is 0.0237. The van der Waals surface area contributed by atoms with Crippen LogP contribution in [0.5, 0.6) is 0 Å². The molecule has 4 heterocycles. The molecule has 1 aromatic carbocycles. The van der Waals surface area contributed by atoms with Gasteiger partial charge in [-0.3, -0.25) is 9.48 Å². The number of hydrogen-bond donors (Lipinski definition) is 1. The summed E-state index contributed by atoms with van der Waals surface area (Å²) in [5.41, 5.74) is 2.74. The van der Waals surface area contributed by atoms with Gasteiger partial charge in [-0.25, -0.2) is 14.8 Å². The number of carbonyl (C=O) groups is 2. The normalized spacial score (nSPS) is 15.9. The SMILES string of the molecule is Cc1cn2cc(NC(=O)c3ccc(N4CC[C@@H](N(C)C(=O)OC(C)(C)C)C4)c4cn(C)nc34)nc(Cl)c2n1. The minimum Gasteiger partial charge on any atom is -0.444 e. The van der Waals surface area contributed by atoms with Gasteiger partial charge in [0.1, 0.15) is 11.1 Å². The van der Waals surface area contributed by atoms with Gasteiger partial charge in [0.15, 0.2) is 16.6 Å². The van der Waals surface area contributed by atoms with E-state index < -0.39 is 5.60 Å². The molecule has 0 unspecified atom stereocenters. The van der Waals surface area contributed by atoms with Gasteiger partial charge in [-0.15, -0.1) is 0 Å². The average molecular weight is 539 g/mol. The third-order valence-corrected chi connectivity index (χ3v) is 6.76. The van der Waals surface area contributed by atoms with Crippen LogP contribution in [0, 0.1) is 6.92 Å². The molecule has 38 heavy (non-hydrogen) atoms. The molecule has 11 nitrogen and oxygen atoms in total.